The Morgan fingerprint density at radius 3 is 2.73 bits per heavy atom. The zero-order valence-corrected chi connectivity index (χ0v) is 14.6. The molecule has 2 rings (SSSR count). The standard InChI is InChI=1S/C17H26N2O2S/c1-12(2)22-14-9-6-5-8-13(14)18-16(20)19-11-7-10-15(19)17(3,4)21/h5-6,8-9,12,15,21H,7,10-11H2,1-4H3,(H,18,20). The number of nitrogens with one attached hydrogen (secondary N) is 1. The van der Waals surface area contributed by atoms with Crippen LogP contribution in [0.25, 0.3) is 0 Å². The molecular formula is C17H26N2O2S. The van der Waals surface area contributed by atoms with Crippen LogP contribution < -0.4 is 5.32 Å². The topological polar surface area (TPSA) is 52.6 Å². The fourth-order valence-corrected chi connectivity index (χ4v) is 3.77. The van der Waals surface area contributed by atoms with Crippen molar-refractivity contribution in [3.63, 3.8) is 0 Å². The minimum Gasteiger partial charge on any atom is -0.388 e. The summed E-state index contributed by atoms with van der Waals surface area (Å²) in [6.45, 7) is 8.50. The van der Waals surface area contributed by atoms with Gasteiger partial charge in [-0.2, -0.15) is 0 Å². The van der Waals surface area contributed by atoms with Crippen LogP contribution in [0.1, 0.15) is 40.5 Å². The van der Waals surface area contributed by atoms with Gasteiger partial charge in [0.15, 0.2) is 0 Å². The van der Waals surface area contributed by atoms with Crippen LogP contribution >= 0.6 is 11.8 Å². The van der Waals surface area contributed by atoms with Crippen LogP contribution in [0.2, 0.25) is 0 Å². The van der Waals surface area contributed by atoms with E-state index in [4.69, 9.17) is 0 Å². The smallest absolute Gasteiger partial charge is 0.322 e. The highest BCUT2D eigenvalue weighted by atomic mass is 32.2. The highest BCUT2D eigenvalue weighted by Crippen LogP contribution is 2.32. The normalized spacial score (nSPS) is 18.8. The average molecular weight is 322 g/mol. The number of thioether (sulfide) groups is 1. The van der Waals surface area contributed by atoms with Gasteiger partial charge in [0.2, 0.25) is 0 Å². The van der Waals surface area contributed by atoms with E-state index in [0.717, 1.165) is 23.4 Å². The van der Waals surface area contributed by atoms with E-state index < -0.39 is 5.60 Å². The number of hydrogen-bond acceptors (Lipinski definition) is 3. The van der Waals surface area contributed by atoms with Crippen LogP contribution in [-0.2, 0) is 0 Å². The Labute approximate surface area is 137 Å². The maximum Gasteiger partial charge on any atom is 0.322 e. The highest BCUT2D eigenvalue weighted by Gasteiger charge is 2.38. The van der Waals surface area contributed by atoms with Gasteiger partial charge in [-0.05, 0) is 38.8 Å². The van der Waals surface area contributed by atoms with Gasteiger partial charge in [0.1, 0.15) is 0 Å². The molecule has 0 aromatic heterocycles. The first-order valence-corrected chi connectivity index (χ1v) is 8.72. The second-order valence-corrected chi connectivity index (χ2v) is 8.22. The fraction of sp³-hybridized carbons (Fsp3) is 0.588. The molecule has 1 unspecified atom stereocenters. The minimum atomic E-state index is -0.875. The molecule has 1 atom stereocenters. The summed E-state index contributed by atoms with van der Waals surface area (Å²) in [6.07, 6.45) is 1.78. The lowest BCUT2D eigenvalue weighted by atomic mass is 9.97. The van der Waals surface area contributed by atoms with E-state index in [-0.39, 0.29) is 12.1 Å². The van der Waals surface area contributed by atoms with Gasteiger partial charge in [-0.15, -0.1) is 11.8 Å². The van der Waals surface area contributed by atoms with E-state index >= 15 is 0 Å². The van der Waals surface area contributed by atoms with Crippen LogP contribution in [0.5, 0.6) is 0 Å². The predicted molar refractivity (Wildman–Crippen MR) is 92.5 cm³/mol. The average Bonchev–Trinajstić information content (AvgIpc) is 2.89. The van der Waals surface area contributed by atoms with Crippen LogP contribution in [0.4, 0.5) is 10.5 Å². The van der Waals surface area contributed by atoms with Gasteiger partial charge < -0.3 is 15.3 Å². The minimum absolute atomic E-state index is 0.124. The number of para-hydroxylation sites is 1. The largest absolute Gasteiger partial charge is 0.388 e. The number of aliphatic hydroxyl groups is 1. The molecule has 5 heteroatoms. The highest BCUT2D eigenvalue weighted by molar-refractivity contribution is 8.00. The fourth-order valence-electron chi connectivity index (χ4n) is 2.86. The first-order valence-electron chi connectivity index (χ1n) is 7.84. The number of carbonyl (C=O) groups excluding carboxylic acids is 1. The van der Waals surface area contributed by atoms with Crippen molar-refractivity contribution in [1.82, 2.24) is 4.90 Å². The monoisotopic (exact) mass is 322 g/mol. The molecule has 1 aliphatic rings. The van der Waals surface area contributed by atoms with Gasteiger partial charge in [-0.3, -0.25) is 0 Å². The Balaban J connectivity index is 2.12. The number of hydrogen-bond donors (Lipinski definition) is 2. The molecule has 22 heavy (non-hydrogen) atoms. The first kappa shape index (κ1) is 17.2. The molecular weight excluding hydrogens is 296 g/mol. The third-order valence-electron chi connectivity index (χ3n) is 3.82. The summed E-state index contributed by atoms with van der Waals surface area (Å²) in [5, 5.41) is 13.7. The van der Waals surface area contributed by atoms with E-state index in [9.17, 15) is 9.90 Å². The summed E-state index contributed by atoms with van der Waals surface area (Å²) in [5.41, 5.74) is -0.0346. The lowest BCUT2D eigenvalue weighted by Crippen LogP contribution is -2.49. The molecule has 2 amide bonds. The molecule has 1 aliphatic heterocycles. The van der Waals surface area contributed by atoms with E-state index in [1.807, 2.05) is 24.3 Å². The lowest BCUT2D eigenvalue weighted by Gasteiger charge is -2.33. The van der Waals surface area contributed by atoms with Crippen LogP contribution in [0.15, 0.2) is 29.2 Å². The first-order chi connectivity index (χ1) is 10.3. The maximum atomic E-state index is 12.6. The Kier molecular flexibility index (Phi) is 5.40. The number of urea groups is 1. The van der Waals surface area contributed by atoms with Crippen molar-refractivity contribution in [3.8, 4) is 0 Å². The van der Waals surface area contributed by atoms with Gasteiger partial charge in [0.25, 0.3) is 0 Å². The zero-order valence-electron chi connectivity index (χ0n) is 13.8. The van der Waals surface area contributed by atoms with Crippen molar-refractivity contribution in [2.75, 3.05) is 11.9 Å². The second-order valence-electron chi connectivity index (χ2n) is 6.60. The van der Waals surface area contributed by atoms with Gasteiger partial charge in [-0.25, -0.2) is 4.79 Å². The molecule has 122 valence electrons. The quantitative estimate of drug-likeness (QED) is 0.825. The van der Waals surface area contributed by atoms with Crippen molar-refractivity contribution in [3.05, 3.63) is 24.3 Å². The molecule has 0 saturated carbocycles. The van der Waals surface area contributed by atoms with E-state index in [1.54, 1.807) is 30.5 Å². The molecule has 1 saturated heterocycles. The van der Waals surface area contributed by atoms with Crippen molar-refractivity contribution in [2.45, 2.75) is 62.3 Å². The SMILES string of the molecule is CC(C)Sc1ccccc1NC(=O)N1CCCC1C(C)(C)O. The summed E-state index contributed by atoms with van der Waals surface area (Å²) in [7, 11) is 0. The van der Waals surface area contributed by atoms with Crippen LogP contribution in [0.3, 0.4) is 0 Å². The van der Waals surface area contributed by atoms with Gasteiger partial charge in [0.05, 0.1) is 17.3 Å². The summed E-state index contributed by atoms with van der Waals surface area (Å²) in [4.78, 5) is 15.4. The van der Waals surface area contributed by atoms with Crippen LogP contribution in [0, 0.1) is 0 Å². The molecule has 1 heterocycles. The van der Waals surface area contributed by atoms with Crippen molar-refractivity contribution >= 4 is 23.5 Å². The van der Waals surface area contributed by atoms with Crippen molar-refractivity contribution in [2.24, 2.45) is 0 Å². The zero-order chi connectivity index (χ0) is 16.3. The Bertz CT molecular complexity index is 526. The van der Waals surface area contributed by atoms with Crippen molar-refractivity contribution in [1.29, 1.82) is 0 Å². The van der Waals surface area contributed by atoms with E-state index in [0.29, 0.717) is 11.8 Å². The number of anilines is 1. The molecule has 1 aromatic carbocycles. The molecule has 0 bridgehead atoms. The molecule has 0 aliphatic carbocycles. The molecule has 1 fully saturated rings. The van der Waals surface area contributed by atoms with Gasteiger partial charge in [0, 0.05) is 16.7 Å². The predicted octanol–water partition coefficient (Wildman–Crippen LogP) is 3.95. The molecule has 0 radical (unpaired) electrons. The van der Waals surface area contributed by atoms with Crippen LogP contribution in [-0.4, -0.2) is 39.5 Å². The number of nitrogens with zero attached hydrogens (tertiary/aromatic N) is 1. The second kappa shape index (κ2) is 6.92. The Morgan fingerprint density at radius 2 is 2.09 bits per heavy atom. The number of benzene rings is 1. The van der Waals surface area contributed by atoms with E-state index in [2.05, 4.69) is 19.2 Å². The summed E-state index contributed by atoms with van der Waals surface area (Å²) in [6, 6.07) is 7.61. The van der Waals surface area contributed by atoms with Gasteiger partial charge in [-0.1, -0.05) is 26.0 Å². The number of rotatable bonds is 4. The van der Waals surface area contributed by atoms with Crippen molar-refractivity contribution < 1.29 is 9.90 Å². The third kappa shape index (κ3) is 4.17. The summed E-state index contributed by atoms with van der Waals surface area (Å²) >= 11 is 1.73. The molecule has 1 aromatic rings. The van der Waals surface area contributed by atoms with E-state index in [1.165, 1.54) is 0 Å². The Morgan fingerprint density at radius 1 is 1.41 bits per heavy atom. The molecule has 0 spiro atoms. The number of likely N-dealkylation sites (tertiary alicyclic amines) is 1. The molecule has 2 N–H and O–H groups in total. The summed E-state index contributed by atoms with van der Waals surface area (Å²) < 4.78 is 0. The maximum absolute atomic E-state index is 12.6. The third-order valence-corrected chi connectivity index (χ3v) is 4.90. The Hall–Kier alpha value is -1.20. The number of amides is 2. The molecule has 4 nitrogen and oxygen atoms in total. The lowest BCUT2D eigenvalue weighted by molar-refractivity contribution is 0.0117. The van der Waals surface area contributed by atoms with Gasteiger partial charge >= 0.3 is 6.03 Å². The summed E-state index contributed by atoms with van der Waals surface area (Å²) in [5.74, 6) is 0. The number of carbonyl (C=O) groups is 1.